The molecular weight excluding hydrogens is 514 g/mol. The molecule has 0 amide bonds. The first-order valence-corrected chi connectivity index (χ1v) is 13.9. The van der Waals surface area contributed by atoms with Gasteiger partial charge in [0.05, 0.1) is 6.10 Å². The van der Waals surface area contributed by atoms with E-state index < -0.39 is 66.2 Å². The fourth-order valence-electron chi connectivity index (χ4n) is 5.70. The summed E-state index contributed by atoms with van der Waals surface area (Å²) in [5.74, 6) is -3.52. The van der Waals surface area contributed by atoms with Gasteiger partial charge < -0.3 is 28.4 Å². The fraction of sp³-hybridized carbons (Fsp3) is 0.548. The summed E-state index contributed by atoms with van der Waals surface area (Å²) in [5.41, 5.74) is 1.95. The summed E-state index contributed by atoms with van der Waals surface area (Å²) in [5, 5.41) is 0. The molecule has 2 aromatic carbocycles. The Balaban J connectivity index is 1.58. The van der Waals surface area contributed by atoms with Gasteiger partial charge in [0, 0.05) is 13.1 Å². The highest BCUT2D eigenvalue weighted by molar-refractivity contribution is 6.36. The van der Waals surface area contributed by atoms with Gasteiger partial charge in [-0.15, -0.1) is 0 Å². The summed E-state index contributed by atoms with van der Waals surface area (Å²) in [6.07, 6.45) is -4.03. The molecular formula is C31H39NO8. The van der Waals surface area contributed by atoms with Crippen molar-refractivity contribution in [3.63, 3.8) is 0 Å². The minimum Gasteiger partial charge on any atom is -0.457 e. The van der Waals surface area contributed by atoms with E-state index in [0.717, 1.165) is 11.1 Å². The lowest BCUT2D eigenvalue weighted by Crippen LogP contribution is -2.64. The number of benzene rings is 2. The van der Waals surface area contributed by atoms with Crippen LogP contribution >= 0.6 is 0 Å². The molecule has 0 spiro atoms. The van der Waals surface area contributed by atoms with E-state index >= 15 is 0 Å². The SMILES string of the molecule is CC(C)OC(=O)C(=O)[C@H]([C@H]1O[C@@H]2OC(C)(C)O[C@@H]2[C@H]2OC(C)(C)O[C@H]21)N(Cc1ccccc1)Cc1ccccc1. The quantitative estimate of drug-likeness (QED) is 0.338. The molecule has 2 aromatic rings. The second kappa shape index (κ2) is 11.3. The number of nitrogens with zero attached hydrogens (tertiary/aromatic N) is 1. The number of Topliss-reactive ketones (excluding diaryl/α,β-unsaturated/α-hetero) is 1. The number of esters is 1. The van der Waals surface area contributed by atoms with Crippen molar-refractivity contribution in [2.75, 3.05) is 0 Å². The lowest BCUT2D eigenvalue weighted by atomic mass is 9.90. The van der Waals surface area contributed by atoms with Crippen LogP contribution in [-0.4, -0.2) is 71.1 Å². The Labute approximate surface area is 235 Å². The topological polar surface area (TPSA) is 92.8 Å². The lowest BCUT2D eigenvalue weighted by molar-refractivity contribution is -0.246. The highest BCUT2D eigenvalue weighted by atomic mass is 16.9. The second-order valence-corrected chi connectivity index (χ2v) is 11.8. The maximum absolute atomic E-state index is 14.1. The molecule has 6 atom stereocenters. The molecule has 3 heterocycles. The van der Waals surface area contributed by atoms with Gasteiger partial charge in [0.1, 0.15) is 30.5 Å². The summed E-state index contributed by atoms with van der Waals surface area (Å²) in [4.78, 5) is 29.3. The molecule has 40 heavy (non-hydrogen) atoms. The normalized spacial score (nSPS) is 29.1. The molecule has 0 N–H and O–H groups in total. The van der Waals surface area contributed by atoms with E-state index in [9.17, 15) is 9.59 Å². The summed E-state index contributed by atoms with van der Waals surface area (Å²) in [6.45, 7) is 11.4. The first-order valence-electron chi connectivity index (χ1n) is 13.9. The van der Waals surface area contributed by atoms with E-state index in [1.807, 2.05) is 79.4 Å². The molecule has 0 unspecified atom stereocenters. The van der Waals surface area contributed by atoms with E-state index in [0.29, 0.717) is 13.1 Å². The molecule has 0 radical (unpaired) electrons. The van der Waals surface area contributed by atoms with Crippen molar-refractivity contribution < 1.29 is 38.0 Å². The second-order valence-electron chi connectivity index (χ2n) is 11.8. The van der Waals surface area contributed by atoms with Crippen LogP contribution in [0.25, 0.3) is 0 Å². The van der Waals surface area contributed by atoms with Crippen LogP contribution < -0.4 is 0 Å². The van der Waals surface area contributed by atoms with Crippen molar-refractivity contribution in [2.45, 2.75) is 109 Å². The average Bonchev–Trinajstić information content (AvgIpc) is 3.38. The van der Waals surface area contributed by atoms with Gasteiger partial charge in [-0.05, 0) is 52.7 Å². The molecule has 3 aliphatic heterocycles. The number of fused-ring (bicyclic) bond motifs is 3. The zero-order valence-electron chi connectivity index (χ0n) is 23.9. The minimum atomic E-state index is -1.06. The molecule has 9 heteroatoms. The van der Waals surface area contributed by atoms with Crippen molar-refractivity contribution in [1.82, 2.24) is 4.90 Å². The van der Waals surface area contributed by atoms with Gasteiger partial charge in [-0.1, -0.05) is 60.7 Å². The zero-order valence-corrected chi connectivity index (χ0v) is 23.9. The maximum atomic E-state index is 14.1. The van der Waals surface area contributed by atoms with Crippen LogP contribution in [0.3, 0.4) is 0 Å². The molecule has 5 rings (SSSR count). The number of rotatable bonds is 9. The highest BCUT2D eigenvalue weighted by Gasteiger charge is 2.63. The largest absolute Gasteiger partial charge is 0.457 e. The Bertz CT molecular complexity index is 1140. The molecule has 216 valence electrons. The number of ether oxygens (including phenoxy) is 6. The molecule has 0 bridgehead atoms. The molecule has 3 aliphatic rings. The van der Waals surface area contributed by atoms with Crippen molar-refractivity contribution in [3.8, 4) is 0 Å². The van der Waals surface area contributed by atoms with E-state index in [1.165, 1.54) is 0 Å². The zero-order chi connectivity index (χ0) is 28.7. The highest BCUT2D eigenvalue weighted by Crippen LogP contribution is 2.45. The Kier molecular flexibility index (Phi) is 8.16. The van der Waals surface area contributed by atoms with E-state index in [-0.39, 0.29) is 0 Å². The van der Waals surface area contributed by atoms with Crippen molar-refractivity contribution in [2.24, 2.45) is 0 Å². The van der Waals surface area contributed by atoms with E-state index in [1.54, 1.807) is 27.7 Å². The van der Waals surface area contributed by atoms with Crippen LogP contribution in [0.1, 0.15) is 52.7 Å². The average molecular weight is 554 g/mol. The molecule has 3 saturated heterocycles. The molecule has 0 aromatic heterocycles. The van der Waals surface area contributed by atoms with Crippen molar-refractivity contribution in [3.05, 3.63) is 71.8 Å². The minimum absolute atomic E-state index is 0.375. The van der Waals surface area contributed by atoms with Gasteiger partial charge in [-0.25, -0.2) is 4.79 Å². The Morgan fingerprint density at radius 3 is 1.82 bits per heavy atom. The van der Waals surface area contributed by atoms with Crippen LogP contribution in [0.4, 0.5) is 0 Å². The van der Waals surface area contributed by atoms with Crippen LogP contribution in [0.5, 0.6) is 0 Å². The van der Waals surface area contributed by atoms with Gasteiger partial charge in [0.15, 0.2) is 17.9 Å². The molecule has 3 fully saturated rings. The Morgan fingerprint density at radius 1 is 0.775 bits per heavy atom. The van der Waals surface area contributed by atoms with Crippen LogP contribution in [0, 0.1) is 0 Å². The van der Waals surface area contributed by atoms with E-state index in [2.05, 4.69) is 0 Å². The number of hydrogen-bond donors (Lipinski definition) is 0. The maximum Gasteiger partial charge on any atom is 0.376 e. The van der Waals surface area contributed by atoms with Gasteiger partial charge in [0.25, 0.3) is 5.78 Å². The predicted molar refractivity (Wildman–Crippen MR) is 145 cm³/mol. The fourth-order valence-corrected chi connectivity index (χ4v) is 5.70. The number of carbonyl (C=O) groups is 2. The third-order valence-corrected chi connectivity index (χ3v) is 7.16. The van der Waals surface area contributed by atoms with Crippen LogP contribution in [0.15, 0.2) is 60.7 Å². The molecule has 0 saturated carbocycles. The standard InChI is InChI=1S/C31H39NO8/c1-19(2)35-28(34)23(33)22(32(17-20-13-9-7-10-14-20)18-21-15-11-8-12-16-21)24-25-26(38-30(3,4)37-25)27-29(36-24)40-31(5,6)39-27/h7-16,19,22,24-27,29H,17-18H2,1-6H3/t22-,24-,25+,26+,27-,29-/m1/s1. The molecule has 0 aliphatic carbocycles. The summed E-state index contributed by atoms with van der Waals surface area (Å²) in [7, 11) is 0. The van der Waals surface area contributed by atoms with Gasteiger partial charge >= 0.3 is 5.97 Å². The number of hydrogen-bond acceptors (Lipinski definition) is 9. The first-order chi connectivity index (χ1) is 18.9. The third-order valence-electron chi connectivity index (χ3n) is 7.16. The number of ketones is 1. The van der Waals surface area contributed by atoms with E-state index in [4.69, 9.17) is 28.4 Å². The van der Waals surface area contributed by atoms with Crippen LogP contribution in [0.2, 0.25) is 0 Å². The van der Waals surface area contributed by atoms with Crippen molar-refractivity contribution >= 4 is 11.8 Å². The monoisotopic (exact) mass is 553 g/mol. The smallest absolute Gasteiger partial charge is 0.376 e. The Morgan fingerprint density at radius 2 is 1.27 bits per heavy atom. The number of carbonyl (C=O) groups excluding carboxylic acids is 2. The molecule has 9 nitrogen and oxygen atoms in total. The third kappa shape index (κ3) is 6.30. The summed E-state index contributed by atoms with van der Waals surface area (Å²) < 4.78 is 36.9. The van der Waals surface area contributed by atoms with Gasteiger partial charge in [-0.2, -0.15) is 0 Å². The van der Waals surface area contributed by atoms with Gasteiger partial charge in [-0.3, -0.25) is 9.69 Å². The van der Waals surface area contributed by atoms with Crippen LogP contribution in [-0.2, 0) is 51.1 Å². The lowest BCUT2D eigenvalue weighted by Gasteiger charge is -2.43. The van der Waals surface area contributed by atoms with Crippen molar-refractivity contribution in [1.29, 1.82) is 0 Å². The van der Waals surface area contributed by atoms with Gasteiger partial charge in [0.2, 0.25) is 0 Å². The summed E-state index contributed by atoms with van der Waals surface area (Å²) in [6, 6.07) is 18.5. The predicted octanol–water partition coefficient (Wildman–Crippen LogP) is 3.97. The first kappa shape index (κ1) is 28.9. The Hall–Kier alpha value is -2.66. The summed E-state index contributed by atoms with van der Waals surface area (Å²) >= 11 is 0.